The van der Waals surface area contributed by atoms with Crippen molar-refractivity contribution in [2.75, 3.05) is 5.32 Å². The molecule has 0 bridgehead atoms. The van der Waals surface area contributed by atoms with Gasteiger partial charge in [-0.2, -0.15) is 4.39 Å². The number of pyridine rings is 1. The van der Waals surface area contributed by atoms with Crippen molar-refractivity contribution in [1.82, 2.24) is 4.98 Å². The van der Waals surface area contributed by atoms with E-state index in [1.54, 1.807) is 0 Å². The molecular weight excluding hydrogens is 171 g/mol. The summed E-state index contributed by atoms with van der Waals surface area (Å²) in [5, 5.41) is 2.53. The molecule has 0 aromatic carbocycles. The maximum absolute atomic E-state index is 12.3. The predicted molar refractivity (Wildman–Crippen MR) is 47.6 cm³/mol. The first-order valence-electron chi connectivity index (χ1n) is 3.74. The summed E-state index contributed by atoms with van der Waals surface area (Å²) in [4.78, 5) is 14.4. The zero-order valence-corrected chi connectivity index (χ0v) is 6.96. The second kappa shape index (κ2) is 4.35. The fourth-order valence-corrected chi connectivity index (χ4v) is 0.793. The number of rotatable bonds is 3. The Labute approximate surface area is 75.3 Å². The molecule has 0 radical (unpaired) electrons. The van der Waals surface area contributed by atoms with Crippen LogP contribution >= 0.6 is 0 Å². The Morgan fingerprint density at radius 3 is 3.00 bits per heavy atom. The van der Waals surface area contributed by atoms with E-state index < -0.39 is 5.95 Å². The molecule has 0 spiro atoms. The number of hydrogen-bond donors (Lipinski definition) is 1. The molecule has 0 saturated carbocycles. The third-order valence-corrected chi connectivity index (χ3v) is 1.34. The van der Waals surface area contributed by atoms with Gasteiger partial charge in [-0.1, -0.05) is 6.08 Å². The minimum absolute atomic E-state index is 0.191. The number of hydrogen-bond acceptors (Lipinski definition) is 2. The summed E-state index contributed by atoms with van der Waals surface area (Å²) in [5.74, 6) is -0.759. The van der Waals surface area contributed by atoms with Gasteiger partial charge in [0, 0.05) is 6.42 Å². The van der Waals surface area contributed by atoms with Crippen LogP contribution in [-0.2, 0) is 4.79 Å². The topological polar surface area (TPSA) is 42.0 Å². The van der Waals surface area contributed by atoms with Crippen molar-refractivity contribution in [1.29, 1.82) is 0 Å². The number of halogens is 1. The monoisotopic (exact) mass is 180 g/mol. The smallest absolute Gasteiger partial charge is 0.228 e. The Balaban J connectivity index is 2.59. The molecule has 0 aliphatic heterocycles. The predicted octanol–water partition coefficient (Wildman–Crippen LogP) is 1.74. The van der Waals surface area contributed by atoms with Crippen LogP contribution in [0.15, 0.2) is 31.0 Å². The third kappa shape index (κ3) is 3.02. The molecule has 1 aromatic rings. The highest BCUT2D eigenvalue weighted by Crippen LogP contribution is 2.05. The minimum atomic E-state index is -0.568. The molecule has 68 valence electrons. The molecule has 0 aliphatic carbocycles. The van der Waals surface area contributed by atoms with Gasteiger partial charge in [0.1, 0.15) is 0 Å². The fourth-order valence-electron chi connectivity index (χ4n) is 0.793. The minimum Gasteiger partial charge on any atom is -0.324 e. The summed E-state index contributed by atoms with van der Waals surface area (Å²) < 4.78 is 12.3. The fraction of sp³-hybridized carbons (Fsp3) is 0.111. The lowest BCUT2D eigenvalue weighted by molar-refractivity contribution is -0.115. The lowest BCUT2D eigenvalue weighted by atomic mass is 10.3. The van der Waals surface area contributed by atoms with Crippen LogP contribution in [0.2, 0.25) is 0 Å². The van der Waals surface area contributed by atoms with Gasteiger partial charge in [0.2, 0.25) is 11.9 Å². The first-order valence-corrected chi connectivity index (χ1v) is 3.74. The van der Waals surface area contributed by atoms with Crippen LogP contribution in [0.3, 0.4) is 0 Å². The van der Waals surface area contributed by atoms with E-state index in [1.165, 1.54) is 24.4 Å². The van der Waals surface area contributed by atoms with E-state index in [0.29, 0.717) is 5.69 Å². The van der Waals surface area contributed by atoms with Gasteiger partial charge in [-0.3, -0.25) is 4.79 Å². The second-order valence-electron chi connectivity index (χ2n) is 2.41. The number of carbonyl (C=O) groups excluding carboxylic acids is 1. The van der Waals surface area contributed by atoms with Gasteiger partial charge in [-0.05, 0) is 12.1 Å². The number of amides is 1. The average Bonchev–Trinajstić information content (AvgIpc) is 2.09. The normalized spacial score (nSPS) is 9.31. The van der Waals surface area contributed by atoms with Crippen LogP contribution < -0.4 is 5.32 Å². The summed E-state index contributed by atoms with van der Waals surface area (Å²) >= 11 is 0. The number of nitrogens with zero attached hydrogens (tertiary/aromatic N) is 1. The molecular formula is C9H9FN2O. The van der Waals surface area contributed by atoms with Gasteiger partial charge in [-0.25, -0.2) is 4.98 Å². The van der Waals surface area contributed by atoms with Crippen LogP contribution in [0.5, 0.6) is 0 Å². The average molecular weight is 180 g/mol. The van der Waals surface area contributed by atoms with Crippen LogP contribution in [0, 0.1) is 5.95 Å². The van der Waals surface area contributed by atoms with Gasteiger partial charge >= 0.3 is 0 Å². The largest absolute Gasteiger partial charge is 0.324 e. The van der Waals surface area contributed by atoms with Gasteiger partial charge in [-0.15, -0.1) is 6.58 Å². The zero-order valence-electron chi connectivity index (χ0n) is 6.96. The molecule has 1 amide bonds. The molecule has 1 N–H and O–H groups in total. The molecule has 1 heterocycles. The maximum atomic E-state index is 12.3. The number of aromatic nitrogens is 1. The molecule has 1 rings (SSSR count). The van der Waals surface area contributed by atoms with E-state index in [0.717, 1.165) is 0 Å². The van der Waals surface area contributed by atoms with Gasteiger partial charge < -0.3 is 5.32 Å². The highest BCUT2D eigenvalue weighted by molar-refractivity contribution is 5.91. The third-order valence-electron chi connectivity index (χ3n) is 1.34. The molecule has 3 nitrogen and oxygen atoms in total. The van der Waals surface area contributed by atoms with E-state index in [1.807, 2.05) is 0 Å². The molecule has 0 aliphatic rings. The highest BCUT2D eigenvalue weighted by Gasteiger charge is 1.99. The second-order valence-corrected chi connectivity index (χ2v) is 2.41. The Morgan fingerprint density at radius 2 is 2.46 bits per heavy atom. The summed E-state index contributed by atoms with van der Waals surface area (Å²) in [5.41, 5.74) is 0.480. The molecule has 0 atom stereocenters. The van der Waals surface area contributed by atoms with Crippen molar-refractivity contribution >= 4 is 11.6 Å². The Bertz CT molecular complexity index is 308. The highest BCUT2D eigenvalue weighted by atomic mass is 19.1. The maximum Gasteiger partial charge on any atom is 0.228 e. The van der Waals surface area contributed by atoms with E-state index in [9.17, 15) is 9.18 Å². The molecule has 13 heavy (non-hydrogen) atoms. The molecule has 0 unspecified atom stereocenters. The van der Waals surface area contributed by atoms with Gasteiger partial charge in [0.05, 0.1) is 11.9 Å². The van der Waals surface area contributed by atoms with Crippen LogP contribution in [0.1, 0.15) is 6.42 Å². The van der Waals surface area contributed by atoms with Crippen molar-refractivity contribution in [3.8, 4) is 0 Å². The van der Waals surface area contributed by atoms with Crippen molar-refractivity contribution < 1.29 is 9.18 Å². The lowest BCUT2D eigenvalue weighted by Crippen LogP contribution is -2.09. The van der Waals surface area contributed by atoms with Crippen LogP contribution in [0.4, 0.5) is 10.1 Å². The number of nitrogens with one attached hydrogen (secondary N) is 1. The molecule has 4 heteroatoms. The molecule has 0 fully saturated rings. The Kier molecular flexibility index (Phi) is 3.14. The standard InChI is InChI=1S/C9H9FN2O/c1-2-3-9(13)12-7-4-5-8(10)11-6-7/h2,4-6H,1,3H2,(H,12,13). The Morgan fingerprint density at radius 1 is 1.69 bits per heavy atom. The SMILES string of the molecule is C=CCC(=O)Nc1ccc(F)nc1. The summed E-state index contributed by atoms with van der Waals surface area (Å²) in [6.45, 7) is 3.42. The lowest BCUT2D eigenvalue weighted by Gasteiger charge is -2.01. The Hall–Kier alpha value is -1.71. The van der Waals surface area contributed by atoms with Crippen molar-refractivity contribution in [3.63, 3.8) is 0 Å². The number of carbonyl (C=O) groups is 1. The molecule has 1 aromatic heterocycles. The van der Waals surface area contributed by atoms with E-state index in [2.05, 4.69) is 16.9 Å². The van der Waals surface area contributed by atoms with Gasteiger partial charge in [0.15, 0.2) is 0 Å². The van der Waals surface area contributed by atoms with Crippen molar-refractivity contribution in [3.05, 3.63) is 36.9 Å². The summed E-state index contributed by atoms with van der Waals surface area (Å²) in [6, 6.07) is 2.63. The summed E-state index contributed by atoms with van der Waals surface area (Å²) in [6.07, 6.45) is 2.99. The zero-order chi connectivity index (χ0) is 9.68. The number of anilines is 1. The van der Waals surface area contributed by atoms with Crippen molar-refractivity contribution in [2.45, 2.75) is 6.42 Å². The first kappa shape index (κ1) is 9.38. The van der Waals surface area contributed by atoms with E-state index >= 15 is 0 Å². The van der Waals surface area contributed by atoms with Crippen LogP contribution in [0.25, 0.3) is 0 Å². The van der Waals surface area contributed by atoms with E-state index in [-0.39, 0.29) is 12.3 Å². The van der Waals surface area contributed by atoms with Crippen LogP contribution in [-0.4, -0.2) is 10.9 Å². The van der Waals surface area contributed by atoms with Gasteiger partial charge in [0.25, 0.3) is 0 Å². The quantitative estimate of drug-likeness (QED) is 0.568. The van der Waals surface area contributed by atoms with E-state index in [4.69, 9.17) is 0 Å². The molecule has 0 saturated heterocycles. The first-order chi connectivity index (χ1) is 6.22. The van der Waals surface area contributed by atoms with Crippen molar-refractivity contribution in [2.24, 2.45) is 0 Å². The summed E-state index contributed by atoms with van der Waals surface area (Å²) in [7, 11) is 0.